The first-order valence-electron chi connectivity index (χ1n) is 6.20. The highest BCUT2D eigenvalue weighted by atomic mass is 19.3. The maximum Gasteiger partial charge on any atom is 0.387 e. The number of urea groups is 1. The van der Waals surface area contributed by atoms with Crippen molar-refractivity contribution in [2.24, 2.45) is 0 Å². The average molecular weight is 288 g/mol. The topological polar surface area (TPSA) is 59.6 Å². The summed E-state index contributed by atoms with van der Waals surface area (Å²) in [6.07, 6.45) is 1.66. The van der Waals surface area contributed by atoms with Crippen LogP contribution in [-0.2, 0) is 4.74 Å². The number of methoxy groups -OCH3 is 1. The van der Waals surface area contributed by atoms with Gasteiger partial charge in [-0.3, -0.25) is 0 Å². The molecule has 0 aliphatic carbocycles. The molecule has 1 rings (SSSR count). The molecular weight excluding hydrogens is 270 g/mol. The highest BCUT2D eigenvalue weighted by Gasteiger charge is 2.06. The molecule has 0 spiro atoms. The van der Waals surface area contributed by atoms with Gasteiger partial charge in [0.15, 0.2) is 0 Å². The summed E-state index contributed by atoms with van der Waals surface area (Å²) in [6.45, 7) is -1.72. The number of alkyl halides is 2. The van der Waals surface area contributed by atoms with E-state index in [0.717, 1.165) is 12.8 Å². The van der Waals surface area contributed by atoms with Gasteiger partial charge >= 0.3 is 12.6 Å². The Hall–Kier alpha value is -1.89. The SMILES string of the molecule is COCCCCNC(=O)Nc1cccc(OC(F)F)c1. The van der Waals surface area contributed by atoms with Crippen molar-refractivity contribution >= 4 is 11.7 Å². The predicted molar refractivity (Wildman–Crippen MR) is 71.2 cm³/mol. The summed E-state index contributed by atoms with van der Waals surface area (Å²) in [5, 5.41) is 5.20. The Kier molecular flexibility index (Phi) is 7.34. The van der Waals surface area contributed by atoms with Crippen molar-refractivity contribution in [3.05, 3.63) is 24.3 Å². The summed E-state index contributed by atoms with van der Waals surface area (Å²) in [4.78, 5) is 11.5. The molecule has 0 aromatic heterocycles. The van der Waals surface area contributed by atoms with Gasteiger partial charge in [0.2, 0.25) is 0 Å². The quantitative estimate of drug-likeness (QED) is 0.723. The second-order valence-corrected chi connectivity index (χ2v) is 3.99. The molecule has 2 amide bonds. The van der Waals surface area contributed by atoms with Crippen molar-refractivity contribution in [2.75, 3.05) is 25.6 Å². The van der Waals surface area contributed by atoms with Crippen LogP contribution in [-0.4, -0.2) is 32.9 Å². The second kappa shape index (κ2) is 9.08. The summed E-state index contributed by atoms with van der Waals surface area (Å²) >= 11 is 0. The van der Waals surface area contributed by atoms with Crippen LogP contribution in [0.15, 0.2) is 24.3 Å². The fourth-order valence-corrected chi connectivity index (χ4v) is 1.50. The summed E-state index contributed by atoms with van der Waals surface area (Å²) < 4.78 is 33.2. The number of anilines is 1. The van der Waals surface area contributed by atoms with E-state index in [9.17, 15) is 13.6 Å². The van der Waals surface area contributed by atoms with Crippen LogP contribution < -0.4 is 15.4 Å². The van der Waals surface area contributed by atoms with E-state index in [-0.39, 0.29) is 5.75 Å². The van der Waals surface area contributed by atoms with Crippen molar-refractivity contribution in [2.45, 2.75) is 19.5 Å². The van der Waals surface area contributed by atoms with Gasteiger partial charge in [-0.25, -0.2) is 4.79 Å². The molecule has 7 heteroatoms. The van der Waals surface area contributed by atoms with E-state index in [2.05, 4.69) is 15.4 Å². The number of unbranched alkanes of at least 4 members (excludes halogenated alkanes) is 1. The number of carbonyl (C=O) groups is 1. The van der Waals surface area contributed by atoms with E-state index in [1.165, 1.54) is 18.2 Å². The Morgan fingerprint density at radius 1 is 1.35 bits per heavy atom. The summed E-state index contributed by atoms with van der Waals surface area (Å²) in [6, 6.07) is 5.43. The first kappa shape index (κ1) is 16.2. The molecule has 0 unspecified atom stereocenters. The monoisotopic (exact) mass is 288 g/mol. The minimum Gasteiger partial charge on any atom is -0.435 e. The van der Waals surface area contributed by atoms with E-state index in [0.29, 0.717) is 18.8 Å². The van der Waals surface area contributed by atoms with Gasteiger partial charge in [-0.05, 0) is 25.0 Å². The maximum absolute atomic E-state index is 12.1. The number of hydrogen-bond acceptors (Lipinski definition) is 3. The zero-order valence-corrected chi connectivity index (χ0v) is 11.2. The van der Waals surface area contributed by atoms with Gasteiger partial charge in [0.1, 0.15) is 5.75 Å². The van der Waals surface area contributed by atoms with Gasteiger partial charge < -0.3 is 20.1 Å². The maximum atomic E-state index is 12.1. The number of nitrogens with one attached hydrogen (secondary N) is 2. The van der Waals surface area contributed by atoms with Crippen LogP contribution in [0.5, 0.6) is 5.75 Å². The Bertz CT molecular complexity index is 416. The fourth-order valence-electron chi connectivity index (χ4n) is 1.50. The molecule has 0 saturated carbocycles. The largest absolute Gasteiger partial charge is 0.435 e. The molecule has 1 aromatic rings. The number of benzene rings is 1. The minimum absolute atomic E-state index is 0.00195. The van der Waals surface area contributed by atoms with Crippen LogP contribution in [0.3, 0.4) is 0 Å². The molecule has 1 aromatic carbocycles. The summed E-state index contributed by atoms with van der Waals surface area (Å²) in [7, 11) is 1.62. The second-order valence-electron chi connectivity index (χ2n) is 3.99. The minimum atomic E-state index is -2.89. The zero-order chi connectivity index (χ0) is 14.8. The fraction of sp³-hybridized carbons (Fsp3) is 0.462. The lowest BCUT2D eigenvalue weighted by Gasteiger charge is -2.09. The number of amides is 2. The number of hydrogen-bond donors (Lipinski definition) is 2. The van der Waals surface area contributed by atoms with Crippen LogP contribution >= 0.6 is 0 Å². The smallest absolute Gasteiger partial charge is 0.387 e. The Morgan fingerprint density at radius 2 is 2.15 bits per heavy atom. The van der Waals surface area contributed by atoms with E-state index in [1.807, 2.05) is 0 Å². The third kappa shape index (κ3) is 6.89. The predicted octanol–water partition coefficient (Wildman–Crippen LogP) is 2.84. The van der Waals surface area contributed by atoms with Crippen molar-refractivity contribution in [1.82, 2.24) is 5.32 Å². The van der Waals surface area contributed by atoms with E-state index in [1.54, 1.807) is 13.2 Å². The summed E-state index contributed by atoms with van der Waals surface area (Å²) in [5.74, 6) is -0.00195. The van der Waals surface area contributed by atoms with E-state index in [4.69, 9.17) is 4.74 Å². The number of halogens is 2. The lowest BCUT2D eigenvalue weighted by atomic mass is 10.3. The van der Waals surface area contributed by atoms with Gasteiger partial charge in [0.25, 0.3) is 0 Å². The van der Waals surface area contributed by atoms with Crippen LogP contribution in [0.2, 0.25) is 0 Å². The Balaban J connectivity index is 2.34. The van der Waals surface area contributed by atoms with E-state index >= 15 is 0 Å². The molecule has 0 aliphatic heterocycles. The standard InChI is InChI=1S/C13H18F2N2O3/c1-19-8-3-2-7-16-13(18)17-10-5-4-6-11(9-10)20-12(14)15/h4-6,9,12H,2-3,7-8H2,1H3,(H2,16,17,18). The molecule has 20 heavy (non-hydrogen) atoms. The van der Waals surface area contributed by atoms with Gasteiger partial charge in [0.05, 0.1) is 0 Å². The van der Waals surface area contributed by atoms with Gasteiger partial charge in [0, 0.05) is 32.0 Å². The molecular formula is C13H18F2N2O3. The molecule has 112 valence electrons. The molecule has 0 radical (unpaired) electrons. The summed E-state index contributed by atoms with van der Waals surface area (Å²) in [5.41, 5.74) is 0.387. The molecule has 0 fully saturated rings. The first-order chi connectivity index (χ1) is 9.61. The van der Waals surface area contributed by atoms with Crippen molar-refractivity contribution < 1.29 is 23.0 Å². The first-order valence-corrected chi connectivity index (χ1v) is 6.20. The van der Waals surface area contributed by atoms with Crippen molar-refractivity contribution in [3.8, 4) is 5.75 Å². The third-order valence-corrected chi connectivity index (χ3v) is 2.38. The lowest BCUT2D eigenvalue weighted by molar-refractivity contribution is -0.0497. The van der Waals surface area contributed by atoms with Crippen LogP contribution in [0.4, 0.5) is 19.3 Å². The van der Waals surface area contributed by atoms with Crippen LogP contribution in [0, 0.1) is 0 Å². The van der Waals surface area contributed by atoms with Crippen molar-refractivity contribution in [1.29, 1.82) is 0 Å². The highest BCUT2D eigenvalue weighted by molar-refractivity contribution is 5.89. The van der Waals surface area contributed by atoms with Gasteiger partial charge in [-0.15, -0.1) is 0 Å². The molecule has 5 nitrogen and oxygen atoms in total. The highest BCUT2D eigenvalue weighted by Crippen LogP contribution is 2.19. The average Bonchev–Trinajstić information content (AvgIpc) is 2.38. The molecule has 0 heterocycles. The van der Waals surface area contributed by atoms with Gasteiger partial charge in [-0.1, -0.05) is 6.07 Å². The van der Waals surface area contributed by atoms with Gasteiger partial charge in [-0.2, -0.15) is 8.78 Å². The van der Waals surface area contributed by atoms with Crippen molar-refractivity contribution in [3.63, 3.8) is 0 Å². The normalized spacial score (nSPS) is 10.4. The molecule has 0 saturated heterocycles. The number of rotatable bonds is 8. The molecule has 0 bridgehead atoms. The lowest BCUT2D eigenvalue weighted by Crippen LogP contribution is -2.29. The van der Waals surface area contributed by atoms with Crippen LogP contribution in [0.25, 0.3) is 0 Å². The molecule has 2 N–H and O–H groups in total. The number of ether oxygens (including phenoxy) is 2. The third-order valence-electron chi connectivity index (χ3n) is 2.38. The zero-order valence-electron chi connectivity index (χ0n) is 11.2. The van der Waals surface area contributed by atoms with Crippen LogP contribution in [0.1, 0.15) is 12.8 Å². The Labute approximate surface area is 116 Å². The molecule has 0 atom stereocenters. The molecule has 0 aliphatic rings. The Morgan fingerprint density at radius 3 is 2.85 bits per heavy atom. The van der Waals surface area contributed by atoms with E-state index < -0.39 is 12.6 Å². The number of carbonyl (C=O) groups excluding carboxylic acids is 1.